The highest BCUT2D eigenvalue weighted by atomic mass is 16.2. The number of likely N-dealkylation sites (N-methyl/N-ethyl adjacent to an activating group) is 1. The normalized spacial score (nSPS) is 10.0. The van der Waals surface area contributed by atoms with Crippen molar-refractivity contribution >= 4 is 11.8 Å². The summed E-state index contributed by atoms with van der Waals surface area (Å²) in [5.74, 6) is -0.248. The zero-order chi connectivity index (χ0) is 17.4. The number of hydrogen-bond donors (Lipinski definition) is 1. The summed E-state index contributed by atoms with van der Waals surface area (Å²) in [6.45, 7) is 4.58. The molecule has 0 saturated carbocycles. The van der Waals surface area contributed by atoms with Gasteiger partial charge in [-0.15, -0.1) is 6.58 Å². The van der Waals surface area contributed by atoms with Crippen LogP contribution in [0.4, 0.5) is 0 Å². The Balaban J connectivity index is 1.93. The third-order valence-corrected chi connectivity index (χ3v) is 3.63. The lowest BCUT2D eigenvalue weighted by atomic mass is 10.1. The second-order valence-corrected chi connectivity index (χ2v) is 5.41. The molecule has 0 aliphatic rings. The highest BCUT2D eigenvalue weighted by molar-refractivity contribution is 5.97. The smallest absolute Gasteiger partial charge is 0.253 e. The van der Waals surface area contributed by atoms with Crippen LogP contribution in [0.25, 0.3) is 0 Å². The van der Waals surface area contributed by atoms with Gasteiger partial charge >= 0.3 is 0 Å². The first-order chi connectivity index (χ1) is 11.6. The van der Waals surface area contributed by atoms with Crippen molar-refractivity contribution in [2.24, 2.45) is 0 Å². The van der Waals surface area contributed by atoms with Crippen LogP contribution in [0.15, 0.2) is 61.4 Å². The van der Waals surface area contributed by atoms with Gasteiger partial charge in [0.25, 0.3) is 11.8 Å². The molecule has 2 aromatic rings. The Hall–Kier alpha value is -2.95. The van der Waals surface area contributed by atoms with E-state index < -0.39 is 0 Å². The summed E-state index contributed by atoms with van der Waals surface area (Å²) in [6.07, 6.45) is 5.88. The van der Waals surface area contributed by atoms with Crippen LogP contribution in [0.5, 0.6) is 0 Å². The second kappa shape index (κ2) is 8.62. The lowest BCUT2D eigenvalue weighted by Gasteiger charge is -2.17. The number of carbonyl (C=O) groups is 2. The first-order valence-corrected chi connectivity index (χ1v) is 7.75. The van der Waals surface area contributed by atoms with Crippen LogP contribution in [0.1, 0.15) is 26.3 Å². The molecular weight excluding hydrogens is 302 g/mol. The van der Waals surface area contributed by atoms with Crippen molar-refractivity contribution < 1.29 is 9.59 Å². The van der Waals surface area contributed by atoms with Crippen molar-refractivity contribution in [3.8, 4) is 0 Å². The van der Waals surface area contributed by atoms with Crippen LogP contribution in [-0.2, 0) is 6.42 Å². The van der Waals surface area contributed by atoms with E-state index in [-0.39, 0.29) is 11.8 Å². The van der Waals surface area contributed by atoms with Gasteiger partial charge in [-0.1, -0.05) is 6.08 Å². The Morgan fingerprint density at radius 3 is 2.38 bits per heavy atom. The molecule has 0 aliphatic heterocycles. The molecule has 0 aliphatic carbocycles. The SMILES string of the molecule is C=CCNC(=O)c1ccc(C(=O)N(C)CCc2ccncc2)cc1. The molecule has 0 radical (unpaired) electrons. The zero-order valence-corrected chi connectivity index (χ0v) is 13.7. The summed E-state index contributed by atoms with van der Waals surface area (Å²) in [7, 11) is 1.77. The highest BCUT2D eigenvalue weighted by Crippen LogP contribution is 2.08. The summed E-state index contributed by atoms with van der Waals surface area (Å²) in [5, 5.41) is 2.70. The van der Waals surface area contributed by atoms with Gasteiger partial charge in [0.1, 0.15) is 0 Å². The van der Waals surface area contributed by atoms with Gasteiger partial charge in [-0.3, -0.25) is 14.6 Å². The van der Waals surface area contributed by atoms with Crippen molar-refractivity contribution in [3.63, 3.8) is 0 Å². The summed E-state index contributed by atoms with van der Waals surface area (Å²) in [5.41, 5.74) is 2.22. The lowest BCUT2D eigenvalue weighted by Crippen LogP contribution is -2.29. The molecule has 0 saturated heterocycles. The molecule has 0 spiro atoms. The van der Waals surface area contributed by atoms with Gasteiger partial charge in [-0.05, 0) is 48.4 Å². The van der Waals surface area contributed by atoms with E-state index in [1.54, 1.807) is 54.7 Å². The van der Waals surface area contributed by atoms with E-state index in [2.05, 4.69) is 16.9 Å². The van der Waals surface area contributed by atoms with E-state index in [0.29, 0.717) is 24.2 Å². The molecule has 1 aromatic heterocycles. The van der Waals surface area contributed by atoms with Crippen LogP contribution in [0, 0.1) is 0 Å². The number of aromatic nitrogens is 1. The van der Waals surface area contributed by atoms with Crippen molar-refractivity contribution in [2.75, 3.05) is 20.1 Å². The fraction of sp³-hybridized carbons (Fsp3) is 0.211. The minimum Gasteiger partial charge on any atom is -0.349 e. The molecule has 124 valence electrons. The van der Waals surface area contributed by atoms with E-state index in [0.717, 1.165) is 12.0 Å². The number of amides is 2. The molecule has 1 heterocycles. The van der Waals surface area contributed by atoms with Gasteiger partial charge in [-0.25, -0.2) is 0 Å². The Morgan fingerprint density at radius 1 is 1.12 bits per heavy atom. The maximum absolute atomic E-state index is 12.4. The molecule has 0 unspecified atom stereocenters. The Morgan fingerprint density at radius 2 is 1.75 bits per heavy atom. The van der Waals surface area contributed by atoms with Gasteiger partial charge in [0.05, 0.1) is 0 Å². The van der Waals surface area contributed by atoms with Crippen LogP contribution < -0.4 is 5.32 Å². The van der Waals surface area contributed by atoms with Crippen LogP contribution >= 0.6 is 0 Å². The number of carbonyl (C=O) groups excluding carboxylic acids is 2. The van der Waals surface area contributed by atoms with Gasteiger partial charge in [0.2, 0.25) is 0 Å². The quantitative estimate of drug-likeness (QED) is 0.795. The number of nitrogens with zero attached hydrogens (tertiary/aromatic N) is 2. The van der Waals surface area contributed by atoms with E-state index in [4.69, 9.17) is 0 Å². The van der Waals surface area contributed by atoms with E-state index in [1.165, 1.54) is 0 Å². The molecule has 2 amide bonds. The van der Waals surface area contributed by atoms with Crippen LogP contribution in [-0.4, -0.2) is 41.8 Å². The molecular formula is C19H21N3O2. The van der Waals surface area contributed by atoms with Crippen molar-refractivity contribution in [3.05, 3.63) is 78.1 Å². The third kappa shape index (κ3) is 4.78. The molecule has 1 N–H and O–H groups in total. The predicted molar refractivity (Wildman–Crippen MR) is 93.9 cm³/mol. The van der Waals surface area contributed by atoms with Gasteiger partial charge in [-0.2, -0.15) is 0 Å². The lowest BCUT2D eigenvalue weighted by molar-refractivity contribution is 0.0796. The van der Waals surface area contributed by atoms with Gasteiger partial charge in [0.15, 0.2) is 0 Å². The number of pyridine rings is 1. The van der Waals surface area contributed by atoms with Crippen molar-refractivity contribution in [1.82, 2.24) is 15.2 Å². The fourth-order valence-corrected chi connectivity index (χ4v) is 2.20. The van der Waals surface area contributed by atoms with Crippen molar-refractivity contribution in [2.45, 2.75) is 6.42 Å². The van der Waals surface area contributed by atoms with Crippen LogP contribution in [0.3, 0.4) is 0 Å². The minimum absolute atomic E-state index is 0.0675. The van der Waals surface area contributed by atoms with Crippen LogP contribution in [0.2, 0.25) is 0 Å². The van der Waals surface area contributed by atoms with Crippen molar-refractivity contribution in [1.29, 1.82) is 0 Å². The van der Waals surface area contributed by atoms with E-state index in [9.17, 15) is 9.59 Å². The second-order valence-electron chi connectivity index (χ2n) is 5.41. The average Bonchev–Trinajstić information content (AvgIpc) is 2.64. The summed E-state index contributed by atoms with van der Waals surface area (Å²) in [4.78, 5) is 29.9. The van der Waals surface area contributed by atoms with Gasteiger partial charge < -0.3 is 10.2 Å². The van der Waals surface area contributed by atoms with E-state index in [1.807, 2.05) is 12.1 Å². The zero-order valence-electron chi connectivity index (χ0n) is 13.7. The summed E-state index contributed by atoms with van der Waals surface area (Å²) >= 11 is 0. The monoisotopic (exact) mass is 323 g/mol. The largest absolute Gasteiger partial charge is 0.349 e. The maximum atomic E-state index is 12.4. The molecule has 2 rings (SSSR count). The Bertz CT molecular complexity index is 696. The summed E-state index contributed by atoms with van der Waals surface area (Å²) < 4.78 is 0. The third-order valence-electron chi connectivity index (χ3n) is 3.63. The molecule has 5 heteroatoms. The number of nitrogens with one attached hydrogen (secondary N) is 1. The van der Waals surface area contributed by atoms with E-state index >= 15 is 0 Å². The molecule has 0 bridgehead atoms. The highest BCUT2D eigenvalue weighted by Gasteiger charge is 2.12. The first kappa shape index (κ1) is 17.4. The topological polar surface area (TPSA) is 62.3 Å². The minimum atomic E-state index is -0.181. The summed E-state index contributed by atoms with van der Waals surface area (Å²) in [6, 6.07) is 10.5. The fourth-order valence-electron chi connectivity index (χ4n) is 2.20. The standard InChI is InChI=1S/C19H21N3O2/c1-3-11-21-18(23)16-4-6-17(7-5-16)19(24)22(2)14-10-15-8-12-20-13-9-15/h3-9,12-13H,1,10-11,14H2,2H3,(H,21,23). The number of rotatable bonds is 7. The number of benzene rings is 1. The molecule has 0 atom stereocenters. The number of hydrogen-bond acceptors (Lipinski definition) is 3. The average molecular weight is 323 g/mol. The Labute approximate surface area is 142 Å². The van der Waals surface area contributed by atoms with Gasteiger partial charge in [0, 0.05) is 43.7 Å². The first-order valence-electron chi connectivity index (χ1n) is 7.75. The molecule has 1 aromatic carbocycles. The molecule has 24 heavy (non-hydrogen) atoms. The predicted octanol–water partition coefficient (Wildman–Crippen LogP) is 2.31. The maximum Gasteiger partial charge on any atom is 0.253 e. The molecule has 0 fully saturated rings. The molecule has 5 nitrogen and oxygen atoms in total. The Kier molecular flexibility index (Phi) is 6.25.